The van der Waals surface area contributed by atoms with E-state index in [0.717, 1.165) is 24.9 Å². The van der Waals surface area contributed by atoms with Crippen LogP contribution in [0, 0.1) is 6.92 Å². The molecule has 1 aromatic heterocycles. The fourth-order valence-corrected chi connectivity index (χ4v) is 2.24. The predicted octanol–water partition coefficient (Wildman–Crippen LogP) is 3.93. The van der Waals surface area contributed by atoms with Gasteiger partial charge in [-0.3, -0.25) is 4.79 Å². The maximum atomic E-state index is 12.4. The molecule has 0 saturated carbocycles. The summed E-state index contributed by atoms with van der Waals surface area (Å²) >= 11 is 5.98. The lowest BCUT2D eigenvalue weighted by molar-refractivity contribution is 0.102. The van der Waals surface area contributed by atoms with E-state index in [1.165, 1.54) is 0 Å². The van der Waals surface area contributed by atoms with Gasteiger partial charge in [0.2, 0.25) is 5.95 Å². The Hall–Kier alpha value is -2.14. The van der Waals surface area contributed by atoms with E-state index < -0.39 is 0 Å². The third-order valence-electron chi connectivity index (χ3n) is 3.51. The zero-order valence-corrected chi connectivity index (χ0v) is 14.4. The molecule has 0 aliphatic rings. The molecule has 2 rings (SSSR count). The molecule has 1 N–H and O–H groups in total. The third kappa shape index (κ3) is 4.66. The summed E-state index contributed by atoms with van der Waals surface area (Å²) < 4.78 is 0. The lowest BCUT2D eigenvalue weighted by atomic mass is 10.2. The number of hydrogen-bond acceptors (Lipinski definition) is 4. The van der Waals surface area contributed by atoms with Gasteiger partial charge < -0.3 is 10.2 Å². The molecule has 1 heterocycles. The maximum Gasteiger partial charge on any atom is 0.274 e. The van der Waals surface area contributed by atoms with Crippen LogP contribution in [0.5, 0.6) is 0 Å². The number of unbranched alkanes of at least 4 members (excludes halogenated alkanes) is 1. The average molecular weight is 333 g/mol. The van der Waals surface area contributed by atoms with E-state index in [4.69, 9.17) is 11.6 Å². The van der Waals surface area contributed by atoms with Crippen LogP contribution in [0.4, 0.5) is 11.6 Å². The summed E-state index contributed by atoms with van der Waals surface area (Å²) in [7, 11) is 1.92. The van der Waals surface area contributed by atoms with Crippen LogP contribution in [-0.2, 0) is 0 Å². The Morgan fingerprint density at radius 3 is 2.87 bits per heavy atom. The predicted molar refractivity (Wildman–Crippen MR) is 94.4 cm³/mol. The second-order valence-electron chi connectivity index (χ2n) is 5.43. The van der Waals surface area contributed by atoms with Crippen molar-refractivity contribution in [2.75, 3.05) is 23.8 Å². The van der Waals surface area contributed by atoms with E-state index in [9.17, 15) is 4.79 Å². The van der Waals surface area contributed by atoms with Crippen molar-refractivity contribution in [1.82, 2.24) is 9.97 Å². The van der Waals surface area contributed by atoms with Crippen molar-refractivity contribution in [3.8, 4) is 0 Å². The lowest BCUT2D eigenvalue weighted by Crippen LogP contribution is -2.23. The number of halogens is 1. The van der Waals surface area contributed by atoms with Crippen LogP contribution >= 0.6 is 11.6 Å². The molecule has 2 aromatic rings. The maximum absolute atomic E-state index is 12.4. The summed E-state index contributed by atoms with van der Waals surface area (Å²) in [5.74, 6) is 0.275. The SMILES string of the molecule is CCCCN(C)c1nccc(C(=O)Nc2cc(Cl)ccc2C)n1. The van der Waals surface area contributed by atoms with Crippen molar-refractivity contribution in [1.29, 1.82) is 0 Å². The fraction of sp³-hybridized carbons (Fsp3) is 0.353. The Balaban J connectivity index is 2.15. The second kappa shape index (κ2) is 7.92. The van der Waals surface area contributed by atoms with Gasteiger partial charge in [-0.1, -0.05) is 31.0 Å². The van der Waals surface area contributed by atoms with Gasteiger partial charge in [0, 0.05) is 30.5 Å². The monoisotopic (exact) mass is 332 g/mol. The lowest BCUT2D eigenvalue weighted by Gasteiger charge is -2.16. The Bertz CT molecular complexity index is 690. The molecule has 23 heavy (non-hydrogen) atoms. The minimum atomic E-state index is -0.275. The molecule has 0 spiro atoms. The summed E-state index contributed by atoms with van der Waals surface area (Å²) in [6.45, 7) is 4.90. The molecule has 0 bridgehead atoms. The molecule has 1 amide bonds. The van der Waals surface area contributed by atoms with Gasteiger partial charge in [0.05, 0.1) is 0 Å². The summed E-state index contributed by atoms with van der Waals surface area (Å²) in [4.78, 5) is 22.9. The van der Waals surface area contributed by atoms with E-state index in [2.05, 4.69) is 22.2 Å². The summed E-state index contributed by atoms with van der Waals surface area (Å²) in [5.41, 5.74) is 1.96. The molecule has 0 saturated heterocycles. The normalized spacial score (nSPS) is 10.4. The Morgan fingerprint density at radius 2 is 2.13 bits per heavy atom. The number of nitrogens with one attached hydrogen (secondary N) is 1. The first kappa shape index (κ1) is 17.2. The Labute approximate surface area is 141 Å². The van der Waals surface area contributed by atoms with Crippen LogP contribution in [0.3, 0.4) is 0 Å². The van der Waals surface area contributed by atoms with Crippen LogP contribution in [0.25, 0.3) is 0 Å². The quantitative estimate of drug-likeness (QED) is 0.870. The number of amides is 1. The highest BCUT2D eigenvalue weighted by Crippen LogP contribution is 2.20. The number of carbonyl (C=O) groups excluding carboxylic acids is 1. The smallest absolute Gasteiger partial charge is 0.274 e. The van der Waals surface area contributed by atoms with Crippen molar-refractivity contribution in [2.24, 2.45) is 0 Å². The van der Waals surface area contributed by atoms with Crippen LogP contribution in [0.1, 0.15) is 35.8 Å². The van der Waals surface area contributed by atoms with Gasteiger partial charge in [0.25, 0.3) is 5.91 Å². The van der Waals surface area contributed by atoms with E-state index in [1.54, 1.807) is 24.4 Å². The average Bonchev–Trinajstić information content (AvgIpc) is 2.56. The van der Waals surface area contributed by atoms with Gasteiger partial charge in [-0.15, -0.1) is 0 Å². The Morgan fingerprint density at radius 1 is 1.35 bits per heavy atom. The first-order valence-electron chi connectivity index (χ1n) is 7.63. The highest BCUT2D eigenvalue weighted by atomic mass is 35.5. The van der Waals surface area contributed by atoms with Gasteiger partial charge in [-0.2, -0.15) is 0 Å². The molecular weight excluding hydrogens is 312 g/mol. The minimum absolute atomic E-state index is 0.275. The van der Waals surface area contributed by atoms with Gasteiger partial charge in [0.1, 0.15) is 5.69 Å². The zero-order valence-electron chi connectivity index (χ0n) is 13.6. The molecule has 0 aliphatic carbocycles. The molecule has 0 atom stereocenters. The van der Waals surface area contributed by atoms with Crippen molar-refractivity contribution in [3.63, 3.8) is 0 Å². The summed E-state index contributed by atoms with van der Waals surface area (Å²) in [5, 5.41) is 3.42. The van der Waals surface area contributed by atoms with Crippen LogP contribution < -0.4 is 10.2 Å². The van der Waals surface area contributed by atoms with Gasteiger partial charge >= 0.3 is 0 Å². The van der Waals surface area contributed by atoms with E-state index in [1.807, 2.05) is 24.9 Å². The van der Waals surface area contributed by atoms with E-state index in [-0.39, 0.29) is 5.91 Å². The summed E-state index contributed by atoms with van der Waals surface area (Å²) in [6.07, 6.45) is 3.75. The number of aryl methyl sites for hydroxylation is 1. The molecule has 122 valence electrons. The summed E-state index contributed by atoms with van der Waals surface area (Å²) in [6, 6.07) is 6.98. The number of aromatic nitrogens is 2. The molecule has 1 aromatic carbocycles. The number of benzene rings is 1. The van der Waals surface area contributed by atoms with Gasteiger partial charge in [0.15, 0.2) is 0 Å². The topological polar surface area (TPSA) is 58.1 Å². The second-order valence-corrected chi connectivity index (χ2v) is 5.87. The number of hydrogen-bond donors (Lipinski definition) is 1. The van der Waals surface area contributed by atoms with Crippen molar-refractivity contribution < 1.29 is 4.79 Å². The molecule has 0 unspecified atom stereocenters. The standard InChI is InChI=1S/C17H21ClN4O/c1-4-5-10-22(3)17-19-9-8-14(21-17)16(23)20-15-11-13(18)7-6-12(15)2/h6-9,11H,4-5,10H2,1-3H3,(H,20,23). The first-order valence-corrected chi connectivity index (χ1v) is 8.00. The Kier molecular flexibility index (Phi) is 5.93. The number of rotatable bonds is 6. The number of anilines is 2. The molecule has 0 radical (unpaired) electrons. The van der Waals surface area contributed by atoms with E-state index in [0.29, 0.717) is 22.4 Å². The minimum Gasteiger partial charge on any atom is -0.344 e. The molecule has 0 fully saturated rings. The molecule has 6 heteroatoms. The van der Waals surface area contributed by atoms with Crippen molar-refractivity contribution >= 4 is 29.1 Å². The van der Waals surface area contributed by atoms with Crippen LogP contribution in [0.15, 0.2) is 30.5 Å². The third-order valence-corrected chi connectivity index (χ3v) is 3.75. The highest BCUT2D eigenvalue weighted by Gasteiger charge is 2.12. The van der Waals surface area contributed by atoms with Crippen LogP contribution in [0.2, 0.25) is 5.02 Å². The van der Waals surface area contributed by atoms with E-state index >= 15 is 0 Å². The molecule has 0 aliphatic heterocycles. The van der Waals surface area contributed by atoms with Gasteiger partial charge in [-0.25, -0.2) is 9.97 Å². The van der Waals surface area contributed by atoms with Gasteiger partial charge in [-0.05, 0) is 37.1 Å². The first-order chi connectivity index (χ1) is 11.0. The fourth-order valence-electron chi connectivity index (χ4n) is 2.07. The number of nitrogens with zero attached hydrogens (tertiary/aromatic N) is 3. The largest absolute Gasteiger partial charge is 0.344 e. The van der Waals surface area contributed by atoms with Crippen LogP contribution in [-0.4, -0.2) is 29.5 Å². The van der Waals surface area contributed by atoms with Crippen molar-refractivity contribution in [2.45, 2.75) is 26.7 Å². The molecular formula is C17H21ClN4O. The zero-order chi connectivity index (χ0) is 16.8. The van der Waals surface area contributed by atoms with Crippen molar-refractivity contribution in [3.05, 3.63) is 46.7 Å². The number of carbonyl (C=O) groups is 1. The molecule has 5 nitrogen and oxygen atoms in total. The highest BCUT2D eigenvalue weighted by molar-refractivity contribution is 6.31.